The van der Waals surface area contributed by atoms with Gasteiger partial charge < -0.3 is 9.47 Å². The van der Waals surface area contributed by atoms with Crippen molar-refractivity contribution in [1.82, 2.24) is 0 Å². The monoisotopic (exact) mass is 351 g/mol. The summed E-state index contributed by atoms with van der Waals surface area (Å²) in [7, 11) is 0. The van der Waals surface area contributed by atoms with Crippen LogP contribution in [-0.4, -0.2) is 13.2 Å². The SMILES string of the molecule is N#Cc1c(Cl)cccc1OCCOc1ccc(Br)cc1. The second-order valence-corrected chi connectivity index (χ2v) is 5.20. The van der Waals surface area contributed by atoms with Crippen LogP contribution in [0.4, 0.5) is 0 Å². The molecule has 2 rings (SSSR count). The van der Waals surface area contributed by atoms with E-state index in [1.165, 1.54) is 0 Å². The molecule has 0 atom stereocenters. The van der Waals surface area contributed by atoms with Gasteiger partial charge in [0.15, 0.2) is 0 Å². The van der Waals surface area contributed by atoms with Crippen LogP contribution >= 0.6 is 27.5 Å². The Labute approximate surface area is 130 Å². The van der Waals surface area contributed by atoms with E-state index in [-0.39, 0.29) is 0 Å². The van der Waals surface area contributed by atoms with E-state index < -0.39 is 0 Å². The van der Waals surface area contributed by atoms with Crippen LogP contribution in [0.1, 0.15) is 5.56 Å². The predicted octanol–water partition coefficient (Wildman–Crippen LogP) is 4.43. The summed E-state index contributed by atoms with van der Waals surface area (Å²) in [5.41, 5.74) is 0.345. The Balaban J connectivity index is 1.86. The number of hydrogen-bond donors (Lipinski definition) is 0. The summed E-state index contributed by atoms with van der Waals surface area (Å²) in [4.78, 5) is 0. The van der Waals surface area contributed by atoms with Gasteiger partial charge in [-0.2, -0.15) is 5.26 Å². The normalized spacial score (nSPS) is 9.85. The maximum atomic E-state index is 9.01. The van der Waals surface area contributed by atoms with Crippen molar-refractivity contribution in [1.29, 1.82) is 5.26 Å². The van der Waals surface area contributed by atoms with Crippen molar-refractivity contribution in [2.24, 2.45) is 0 Å². The van der Waals surface area contributed by atoms with Gasteiger partial charge >= 0.3 is 0 Å². The summed E-state index contributed by atoms with van der Waals surface area (Å²) in [6, 6.07) is 14.7. The molecule has 0 heterocycles. The van der Waals surface area contributed by atoms with Crippen LogP contribution in [0.2, 0.25) is 5.02 Å². The molecule has 0 unspecified atom stereocenters. The molecule has 0 amide bonds. The lowest BCUT2D eigenvalue weighted by atomic mass is 10.2. The molecule has 0 aromatic heterocycles. The quantitative estimate of drug-likeness (QED) is 0.747. The zero-order valence-corrected chi connectivity index (χ0v) is 12.8. The zero-order chi connectivity index (χ0) is 14.4. The van der Waals surface area contributed by atoms with Crippen molar-refractivity contribution in [3.05, 3.63) is 57.5 Å². The average Bonchev–Trinajstić information content (AvgIpc) is 2.45. The zero-order valence-electron chi connectivity index (χ0n) is 10.5. The lowest BCUT2D eigenvalue weighted by molar-refractivity contribution is 0.217. The van der Waals surface area contributed by atoms with E-state index in [2.05, 4.69) is 15.9 Å². The van der Waals surface area contributed by atoms with E-state index in [9.17, 15) is 0 Å². The third kappa shape index (κ3) is 3.89. The highest BCUT2D eigenvalue weighted by molar-refractivity contribution is 9.10. The van der Waals surface area contributed by atoms with Crippen LogP contribution in [0.15, 0.2) is 46.9 Å². The van der Waals surface area contributed by atoms with E-state index in [0.717, 1.165) is 10.2 Å². The van der Waals surface area contributed by atoms with Crippen molar-refractivity contribution < 1.29 is 9.47 Å². The molecule has 0 bridgehead atoms. The van der Waals surface area contributed by atoms with Gasteiger partial charge in [-0.1, -0.05) is 33.6 Å². The molecule has 2 aromatic rings. The fraction of sp³-hybridized carbons (Fsp3) is 0.133. The Bertz CT molecular complexity index is 623. The Morgan fingerprint density at radius 2 is 1.75 bits per heavy atom. The summed E-state index contributed by atoms with van der Waals surface area (Å²) in [6.07, 6.45) is 0. The first kappa shape index (κ1) is 14.7. The van der Waals surface area contributed by atoms with Gasteiger partial charge in [0.1, 0.15) is 36.3 Å². The second kappa shape index (κ2) is 7.18. The molecule has 0 saturated heterocycles. The van der Waals surface area contributed by atoms with Gasteiger partial charge in [-0.3, -0.25) is 0 Å². The summed E-state index contributed by atoms with van der Waals surface area (Å²) in [5.74, 6) is 1.24. The van der Waals surface area contributed by atoms with E-state index in [1.54, 1.807) is 18.2 Å². The third-order valence-corrected chi connectivity index (χ3v) is 3.35. The Kier molecular flexibility index (Phi) is 5.28. The van der Waals surface area contributed by atoms with Gasteiger partial charge in [0, 0.05) is 4.47 Å². The second-order valence-electron chi connectivity index (χ2n) is 3.88. The highest BCUT2D eigenvalue weighted by Gasteiger charge is 2.07. The molecule has 0 fully saturated rings. The number of nitrogens with zero attached hydrogens (tertiary/aromatic N) is 1. The maximum Gasteiger partial charge on any atom is 0.138 e. The molecule has 0 N–H and O–H groups in total. The summed E-state index contributed by atoms with van der Waals surface area (Å²) in [5, 5.41) is 9.40. The van der Waals surface area contributed by atoms with Crippen molar-refractivity contribution in [2.75, 3.05) is 13.2 Å². The van der Waals surface area contributed by atoms with Crippen LogP contribution in [0.25, 0.3) is 0 Å². The maximum absolute atomic E-state index is 9.01. The van der Waals surface area contributed by atoms with Gasteiger partial charge in [0.2, 0.25) is 0 Å². The van der Waals surface area contributed by atoms with Crippen LogP contribution < -0.4 is 9.47 Å². The molecule has 20 heavy (non-hydrogen) atoms. The van der Waals surface area contributed by atoms with Crippen molar-refractivity contribution in [3.8, 4) is 17.6 Å². The molecule has 102 valence electrons. The number of nitriles is 1. The van der Waals surface area contributed by atoms with Crippen LogP contribution in [0.5, 0.6) is 11.5 Å². The minimum Gasteiger partial charge on any atom is -0.490 e. The van der Waals surface area contributed by atoms with E-state index in [4.69, 9.17) is 26.3 Å². The molecule has 0 aliphatic heterocycles. The minimum absolute atomic E-state index is 0.338. The highest BCUT2D eigenvalue weighted by atomic mass is 79.9. The first-order valence-corrected chi connectivity index (χ1v) is 7.07. The Morgan fingerprint density at radius 3 is 2.45 bits per heavy atom. The molecule has 0 aliphatic rings. The lowest BCUT2D eigenvalue weighted by Gasteiger charge is -2.10. The standard InChI is InChI=1S/C15H11BrClNO2/c16-11-4-6-12(7-5-11)19-8-9-20-15-3-1-2-14(17)13(15)10-18/h1-7H,8-9H2. The third-order valence-electron chi connectivity index (χ3n) is 2.51. The molecule has 5 heteroatoms. The minimum atomic E-state index is 0.338. The number of ether oxygens (including phenoxy) is 2. The number of benzene rings is 2. The molecular formula is C15H11BrClNO2. The van der Waals surface area contributed by atoms with Gasteiger partial charge in [0.25, 0.3) is 0 Å². The Morgan fingerprint density at radius 1 is 1.05 bits per heavy atom. The molecule has 3 nitrogen and oxygen atoms in total. The van der Waals surface area contributed by atoms with Gasteiger partial charge in [0.05, 0.1) is 5.02 Å². The molecular weight excluding hydrogens is 342 g/mol. The summed E-state index contributed by atoms with van der Waals surface area (Å²) in [6.45, 7) is 0.726. The van der Waals surface area contributed by atoms with E-state index >= 15 is 0 Å². The van der Waals surface area contributed by atoms with Crippen LogP contribution in [0, 0.1) is 11.3 Å². The van der Waals surface area contributed by atoms with Gasteiger partial charge in [-0.25, -0.2) is 0 Å². The number of rotatable bonds is 5. The number of halogens is 2. The first-order valence-electron chi connectivity index (χ1n) is 5.90. The molecule has 0 saturated carbocycles. The predicted molar refractivity (Wildman–Crippen MR) is 81.3 cm³/mol. The van der Waals surface area contributed by atoms with E-state index in [1.807, 2.05) is 30.3 Å². The van der Waals surface area contributed by atoms with Crippen molar-refractivity contribution in [3.63, 3.8) is 0 Å². The lowest BCUT2D eigenvalue weighted by Crippen LogP contribution is -2.09. The highest BCUT2D eigenvalue weighted by Crippen LogP contribution is 2.25. The van der Waals surface area contributed by atoms with Gasteiger partial charge in [-0.05, 0) is 36.4 Å². The Hall–Kier alpha value is -1.70. The van der Waals surface area contributed by atoms with Crippen LogP contribution in [-0.2, 0) is 0 Å². The average molecular weight is 353 g/mol. The van der Waals surface area contributed by atoms with Crippen LogP contribution in [0.3, 0.4) is 0 Å². The molecule has 0 aliphatic carbocycles. The summed E-state index contributed by atoms with van der Waals surface area (Å²) >= 11 is 9.27. The topological polar surface area (TPSA) is 42.2 Å². The van der Waals surface area contributed by atoms with E-state index in [0.29, 0.717) is 29.5 Å². The fourth-order valence-electron chi connectivity index (χ4n) is 1.58. The smallest absolute Gasteiger partial charge is 0.138 e. The molecule has 0 spiro atoms. The molecule has 2 aromatic carbocycles. The number of hydrogen-bond acceptors (Lipinski definition) is 3. The largest absolute Gasteiger partial charge is 0.490 e. The van der Waals surface area contributed by atoms with Gasteiger partial charge in [-0.15, -0.1) is 0 Å². The van der Waals surface area contributed by atoms with Crippen molar-refractivity contribution in [2.45, 2.75) is 0 Å². The van der Waals surface area contributed by atoms with Crippen molar-refractivity contribution >= 4 is 27.5 Å². The fourth-order valence-corrected chi connectivity index (χ4v) is 2.05. The summed E-state index contributed by atoms with van der Waals surface area (Å²) < 4.78 is 12.0. The first-order chi connectivity index (χ1) is 9.70. The molecule has 0 radical (unpaired) electrons.